The molecule has 0 saturated carbocycles. The highest BCUT2D eigenvalue weighted by Crippen LogP contribution is 2.29. The number of amides is 1. The van der Waals surface area contributed by atoms with E-state index in [1.165, 1.54) is 0 Å². The number of hydrogen-bond donors (Lipinski definition) is 1. The lowest BCUT2D eigenvalue weighted by molar-refractivity contribution is 0.0948. The monoisotopic (exact) mass is 380 g/mol. The van der Waals surface area contributed by atoms with Gasteiger partial charge in [-0.25, -0.2) is 9.67 Å². The van der Waals surface area contributed by atoms with Crippen molar-refractivity contribution in [1.82, 2.24) is 20.1 Å². The van der Waals surface area contributed by atoms with Gasteiger partial charge in [-0.05, 0) is 56.5 Å². The van der Waals surface area contributed by atoms with Gasteiger partial charge in [0.2, 0.25) is 0 Å². The minimum atomic E-state index is -0.0435. The number of thiophene rings is 1. The van der Waals surface area contributed by atoms with Crippen LogP contribution < -0.4 is 5.32 Å². The van der Waals surface area contributed by atoms with Crippen LogP contribution in [0.3, 0.4) is 0 Å². The third kappa shape index (κ3) is 3.67. The van der Waals surface area contributed by atoms with Crippen LogP contribution in [-0.2, 0) is 0 Å². The topological polar surface area (TPSA) is 59.8 Å². The molecule has 0 aromatic carbocycles. The van der Waals surface area contributed by atoms with Gasteiger partial charge < -0.3 is 5.32 Å². The van der Waals surface area contributed by atoms with Crippen molar-refractivity contribution in [1.29, 1.82) is 0 Å². The Kier molecular flexibility index (Phi) is 5.07. The number of hydrogen-bond acceptors (Lipinski definition) is 4. The first-order valence-electron chi connectivity index (χ1n) is 9.49. The van der Waals surface area contributed by atoms with Gasteiger partial charge in [-0.1, -0.05) is 18.2 Å². The second-order valence-corrected chi connectivity index (χ2v) is 8.26. The van der Waals surface area contributed by atoms with Crippen molar-refractivity contribution in [2.75, 3.05) is 6.54 Å². The van der Waals surface area contributed by atoms with Gasteiger partial charge in [0, 0.05) is 12.6 Å². The second-order valence-electron chi connectivity index (χ2n) is 7.31. The molecule has 3 aromatic rings. The third-order valence-corrected chi connectivity index (χ3v) is 5.90. The third-order valence-electron chi connectivity index (χ3n) is 5.00. The fraction of sp³-hybridized carbons (Fsp3) is 0.381. The highest BCUT2D eigenvalue weighted by molar-refractivity contribution is 7.13. The van der Waals surface area contributed by atoms with Crippen molar-refractivity contribution >= 4 is 28.3 Å². The first-order chi connectivity index (χ1) is 13.1. The number of carbonyl (C=O) groups excluding carboxylic acids is 1. The molecule has 0 bridgehead atoms. The first kappa shape index (κ1) is 17.9. The van der Waals surface area contributed by atoms with Gasteiger partial charge in [0.05, 0.1) is 27.7 Å². The summed E-state index contributed by atoms with van der Waals surface area (Å²) in [6.45, 7) is 4.85. The Morgan fingerprint density at radius 3 is 3.00 bits per heavy atom. The van der Waals surface area contributed by atoms with Crippen molar-refractivity contribution in [2.45, 2.75) is 39.2 Å². The number of aromatic nitrogens is 3. The molecule has 1 aliphatic rings. The van der Waals surface area contributed by atoms with Crippen molar-refractivity contribution < 1.29 is 4.79 Å². The quantitative estimate of drug-likeness (QED) is 0.645. The zero-order chi connectivity index (χ0) is 18.8. The largest absolute Gasteiger partial charge is 0.352 e. The van der Waals surface area contributed by atoms with Crippen LogP contribution in [0.25, 0.3) is 21.6 Å². The Hall–Kier alpha value is -2.47. The van der Waals surface area contributed by atoms with Gasteiger partial charge >= 0.3 is 0 Å². The minimum absolute atomic E-state index is 0.0435. The van der Waals surface area contributed by atoms with Gasteiger partial charge in [-0.3, -0.25) is 4.79 Å². The van der Waals surface area contributed by atoms with Gasteiger partial charge in [0.1, 0.15) is 0 Å². The molecule has 0 spiro atoms. The lowest BCUT2D eigenvalue weighted by Gasteiger charge is -2.18. The van der Waals surface area contributed by atoms with Crippen LogP contribution in [0.4, 0.5) is 0 Å². The maximum atomic E-state index is 13.0. The summed E-state index contributed by atoms with van der Waals surface area (Å²) in [4.78, 5) is 18.9. The van der Waals surface area contributed by atoms with Crippen molar-refractivity contribution in [3.8, 4) is 10.6 Å². The van der Waals surface area contributed by atoms with Crippen molar-refractivity contribution in [2.24, 2.45) is 5.92 Å². The molecule has 1 unspecified atom stereocenters. The molecule has 6 heteroatoms. The molecule has 140 valence electrons. The molecule has 0 aliphatic heterocycles. The molecular weight excluding hydrogens is 356 g/mol. The Morgan fingerprint density at radius 1 is 1.41 bits per heavy atom. The summed E-state index contributed by atoms with van der Waals surface area (Å²) in [5.74, 6) is 0.476. The summed E-state index contributed by atoms with van der Waals surface area (Å²) < 4.78 is 1.88. The van der Waals surface area contributed by atoms with Crippen LogP contribution in [-0.4, -0.2) is 27.2 Å². The van der Waals surface area contributed by atoms with Crippen molar-refractivity contribution in [3.05, 3.63) is 47.5 Å². The van der Waals surface area contributed by atoms with Gasteiger partial charge in [0.15, 0.2) is 5.65 Å². The molecule has 27 heavy (non-hydrogen) atoms. The Labute approximate surface area is 163 Å². The molecule has 0 radical (unpaired) electrons. The van der Waals surface area contributed by atoms with Crippen LogP contribution in [0.2, 0.25) is 0 Å². The lowest BCUT2D eigenvalue weighted by Crippen LogP contribution is -2.30. The predicted octanol–water partition coefficient (Wildman–Crippen LogP) is 4.83. The minimum Gasteiger partial charge on any atom is -0.352 e. The van der Waals surface area contributed by atoms with Gasteiger partial charge in [0.25, 0.3) is 5.91 Å². The number of nitrogens with zero attached hydrogens (tertiary/aromatic N) is 3. The zero-order valence-corrected chi connectivity index (χ0v) is 16.5. The van der Waals surface area contributed by atoms with E-state index in [1.807, 2.05) is 28.3 Å². The van der Waals surface area contributed by atoms with Crippen LogP contribution in [0, 0.1) is 5.92 Å². The van der Waals surface area contributed by atoms with Crippen molar-refractivity contribution in [3.63, 3.8) is 0 Å². The molecule has 0 saturated heterocycles. The number of allylic oxidation sites excluding steroid dienone is 2. The average molecular weight is 381 g/mol. The average Bonchev–Trinajstić information content (AvgIpc) is 3.35. The summed E-state index contributed by atoms with van der Waals surface area (Å²) in [6.07, 6.45) is 9.47. The second kappa shape index (κ2) is 7.64. The highest BCUT2D eigenvalue weighted by atomic mass is 32.1. The number of fused-ring (bicyclic) bond motifs is 1. The van der Waals surface area contributed by atoms with E-state index >= 15 is 0 Å². The highest BCUT2D eigenvalue weighted by Gasteiger charge is 2.20. The molecule has 1 aliphatic carbocycles. The molecule has 4 rings (SSSR count). The van der Waals surface area contributed by atoms with Crippen LogP contribution in [0.5, 0.6) is 0 Å². The van der Waals surface area contributed by atoms with E-state index in [4.69, 9.17) is 4.98 Å². The predicted molar refractivity (Wildman–Crippen MR) is 110 cm³/mol. The number of nitrogens with one attached hydrogen (secondary N) is 1. The summed E-state index contributed by atoms with van der Waals surface area (Å²) in [5.41, 5.74) is 2.24. The van der Waals surface area contributed by atoms with E-state index in [1.54, 1.807) is 17.5 Å². The SMILES string of the molecule is CC(C)n1ncc2c(C(=O)NCC3CC=CCC3)cc(-c3cccs3)nc21. The van der Waals surface area contributed by atoms with E-state index in [0.29, 0.717) is 18.0 Å². The van der Waals surface area contributed by atoms with Crippen LogP contribution in [0.15, 0.2) is 41.9 Å². The molecule has 3 aromatic heterocycles. The Bertz CT molecular complexity index is 972. The maximum absolute atomic E-state index is 13.0. The van der Waals surface area contributed by atoms with Crippen LogP contribution >= 0.6 is 11.3 Å². The van der Waals surface area contributed by atoms with E-state index in [0.717, 1.165) is 40.9 Å². The van der Waals surface area contributed by atoms with E-state index < -0.39 is 0 Å². The lowest BCUT2D eigenvalue weighted by atomic mass is 9.94. The smallest absolute Gasteiger partial charge is 0.252 e. The zero-order valence-electron chi connectivity index (χ0n) is 15.7. The van der Waals surface area contributed by atoms with E-state index in [2.05, 4.69) is 36.4 Å². The standard InChI is InChI=1S/C21H24N4OS/c1-14(2)25-20-17(13-23-25)16(11-18(24-20)19-9-6-10-27-19)21(26)22-12-15-7-4-3-5-8-15/h3-4,6,9-11,13-15H,5,7-8,12H2,1-2H3,(H,22,26). The van der Waals surface area contributed by atoms with Crippen LogP contribution in [0.1, 0.15) is 49.5 Å². The van der Waals surface area contributed by atoms with E-state index in [-0.39, 0.29) is 11.9 Å². The molecular formula is C21H24N4OS. The molecule has 3 heterocycles. The summed E-state index contributed by atoms with van der Waals surface area (Å²) in [7, 11) is 0. The first-order valence-corrected chi connectivity index (χ1v) is 10.4. The Balaban J connectivity index is 1.69. The number of rotatable bonds is 5. The number of carbonyl (C=O) groups is 1. The van der Waals surface area contributed by atoms with Gasteiger partial charge in [-0.15, -0.1) is 11.3 Å². The molecule has 1 amide bonds. The molecule has 1 atom stereocenters. The Morgan fingerprint density at radius 2 is 2.30 bits per heavy atom. The van der Waals surface area contributed by atoms with E-state index in [9.17, 15) is 4.79 Å². The fourth-order valence-corrected chi connectivity index (χ4v) is 4.19. The fourth-order valence-electron chi connectivity index (χ4n) is 3.51. The number of pyridine rings is 1. The summed E-state index contributed by atoms with van der Waals surface area (Å²) in [6, 6.07) is 6.11. The molecule has 0 fully saturated rings. The summed E-state index contributed by atoms with van der Waals surface area (Å²) >= 11 is 1.63. The summed E-state index contributed by atoms with van der Waals surface area (Å²) in [5, 5.41) is 10.5. The molecule has 1 N–H and O–H groups in total. The van der Waals surface area contributed by atoms with Gasteiger partial charge in [-0.2, -0.15) is 5.10 Å². The normalized spacial score (nSPS) is 16.9. The molecule has 5 nitrogen and oxygen atoms in total. The maximum Gasteiger partial charge on any atom is 0.252 e.